The SMILES string of the molecule is C=CCC12C=CC(C1)C1C(=O)N(C(=C)C)C(=O)C12. The Hall–Kier alpha value is -1.64. The van der Waals surface area contributed by atoms with Crippen molar-refractivity contribution < 1.29 is 9.59 Å². The number of likely N-dealkylation sites (tertiary alicyclic amines) is 1. The molecule has 2 fully saturated rings. The van der Waals surface area contributed by atoms with Gasteiger partial charge in [0.1, 0.15) is 0 Å². The first-order valence-corrected chi connectivity index (χ1v) is 6.35. The van der Waals surface area contributed by atoms with Crippen LogP contribution in [0.2, 0.25) is 0 Å². The van der Waals surface area contributed by atoms with Crippen LogP contribution in [0, 0.1) is 23.2 Å². The van der Waals surface area contributed by atoms with Gasteiger partial charge in [0.15, 0.2) is 0 Å². The monoisotopic (exact) mass is 243 g/mol. The molecule has 2 amide bonds. The van der Waals surface area contributed by atoms with Gasteiger partial charge in [-0.2, -0.15) is 0 Å². The summed E-state index contributed by atoms with van der Waals surface area (Å²) in [6.07, 6.45) is 7.78. The van der Waals surface area contributed by atoms with Crippen molar-refractivity contribution >= 4 is 11.8 Å². The fourth-order valence-electron chi connectivity index (χ4n) is 4.02. The number of hydrogen-bond donors (Lipinski definition) is 0. The second kappa shape index (κ2) is 3.44. The Morgan fingerprint density at radius 1 is 1.56 bits per heavy atom. The van der Waals surface area contributed by atoms with Gasteiger partial charge in [-0.05, 0) is 25.7 Å². The molecule has 1 heterocycles. The number of imide groups is 1. The predicted octanol–water partition coefficient (Wildman–Crippen LogP) is 2.27. The van der Waals surface area contributed by atoms with E-state index in [-0.39, 0.29) is 35.0 Å². The summed E-state index contributed by atoms with van der Waals surface area (Å²) in [7, 11) is 0. The van der Waals surface area contributed by atoms with Crippen LogP contribution in [0.15, 0.2) is 37.1 Å². The lowest BCUT2D eigenvalue weighted by atomic mass is 9.73. The molecule has 0 spiro atoms. The summed E-state index contributed by atoms with van der Waals surface area (Å²) >= 11 is 0. The Morgan fingerprint density at radius 2 is 2.28 bits per heavy atom. The maximum Gasteiger partial charge on any atom is 0.238 e. The molecule has 4 atom stereocenters. The van der Waals surface area contributed by atoms with Crippen LogP contribution in [-0.2, 0) is 9.59 Å². The van der Waals surface area contributed by atoms with Gasteiger partial charge in [-0.3, -0.25) is 14.5 Å². The molecule has 0 N–H and O–H groups in total. The molecule has 3 heteroatoms. The highest BCUT2D eigenvalue weighted by Crippen LogP contribution is 2.61. The van der Waals surface area contributed by atoms with Crippen LogP contribution in [0.25, 0.3) is 0 Å². The largest absolute Gasteiger partial charge is 0.274 e. The van der Waals surface area contributed by atoms with Crippen LogP contribution in [0.1, 0.15) is 19.8 Å². The Labute approximate surface area is 107 Å². The third-order valence-corrected chi connectivity index (χ3v) is 4.63. The lowest BCUT2D eigenvalue weighted by Crippen LogP contribution is -2.34. The topological polar surface area (TPSA) is 37.4 Å². The summed E-state index contributed by atoms with van der Waals surface area (Å²) in [5, 5.41) is 0. The van der Waals surface area contributed by atoms with Crippen LogP contribution in [-0.4, -0.2) is 16.7 Å². The molecule has 0 radical (unpaired) electrons. The second-order valence-electron chi connectivity index (χ2n) is 5.70. The van der Waals surface area contributed by atoms with E-state index in [1.807, 2.05) is 6.08 Å². The molecule has 1 saturated heterocycles. The van der Waals surface area contributed by atoms with E-state index in [4.69, 9.17) is 0 Å². The first kappa shape index (κ1) is 11.5. The first-order valence-electron chi connectivity index (χ1n) is 6.35. The van der Waals surface area contributed by atoms with Gasteiger partial charge >= 0.3 is 0 Å². The zero-order valence-corrected chi connectivity index (χ0v) is 10.6. The fourth-order valence-corrected chi connectivity index (χ4v) is 4.02. The summed E-state index contributed by atoms with van der Waals surface area (Å²) < 4.78 is 0. The van der Waals surface area contributed by atoms with Crippen molar-refractivity contribution in [1.29, 1.82) is 0 Å². The van der Waals surface area contributed by atoms with Crippen molar-refractivity contribution in [2.24, 2.45) is 23.2 Å². The number of fused-ring (bicyclic) bond motifs is 5. The van der Waals surface area contributed by atoms with Crippen LogP contribution in [0.3, 0.4) is 0 Å². The zero-order valence-electron chi connectivity index (χ0n) is 10.6. The number of rotatable bonds is 3. The fraction of sp³-hybridized carbons (Fsp3) is 0.467. The normalized spacial score (nSPS) is 40.5. The first-order chi connectivity index (χ1) is 8.52. The van der Waals surface area contributed by atoms with Gasteiger partial charge < -0.3 is 0 Å². The third-order valence-electron chi connectivity index (χ3n) is 4.63. The number of nitrogens with zero attached hydrogens (tertiary/aromatic N) is 1. The molecule has 0 aromatic carbocycles. The van der Waals surface area contributed by atoms with E-state index >= 15 is 0 Å². The van der Waals surface area contributed by atoms with E-state index in [1.165, 1.54) is 4.90 Å². The second-order valence-corrected chi connectivity index (χ2v) is 5.70. The minimum Gasteiger partial charge on any atom is -0.274 e. The van der Waals surface area contributed by atoms with Crippen molar-refractivity contribution in [3.8, 4) is 0 Å². The lowest BCUT2D eigenvalue weighted by molar-refractivity contribution is -0.138. The molecule has 0 aromatic heterocycles. The minimum absolute atomic E-state index is 0.0576. The quantitative estimate of drug-likeness (QED) is 0.563. The maximum atomic E-state index is 12.5. The van der Waals surface area contributed by atoms with Gasteiger partial charge in [-0.25, -0.2) is 0 Å². The Morgan fingerprint density at radius 3 is 2.89 bits per heavy atom. The summed E-state index contributed by atoms with van der Waals surface area (Å²) in [6, 6.07) is 0. The lowest BCUT2D eigenvalue weighted by Gasteiger charge is -2.29. The molecule has 3 nitrogen and oxygen atoms in total. The van der Waals surface area contributed by atoms with E-state index in [0.29, 0.717) is 5.70 Å². The molecule has 1 saturated carbocycles. The van der Waals surface area contributed by atoms with E-state index in [1.54, 1.807) is 6.92 Å². The summed E-state index contributed by atoms with van der Waals surface area (Å²) in [4.78, 5) is 26.1. The van der Waals surface area contributed by atoms with Crippen molar-refractivity contribution in [2.75, 3.05) is 0 Å². The zero-order chi connectivity index (χ0) is 13.1. The van der Waals surface area contributed by atoms with Gasteiger partial charge in [0, 0.05) is 11.1 Å². The number of carbonyl (C=O) groups excluding carboxylic acids is 2. The minimum atomic E-state index is -0.199. The predicted molar refractivity (Wildman–Crippen MR) is 68.1 cm³/mol. The standard InChI is InChI=1S/C15H17NO2/c1-4-6-15-7-5-10(8-15)11-12(15)14(18)16(9(2)3)13(11)17/h4-5,7,10-12H,1-2,6,8H2,3H3. The van der Waals surface area contributed by atoms with Gasteiger partial charge in [-0.1, -0.05) is 24.8 Å². The number of hydrogen-bond acceptors (Lipinski definition) is 2. The third kappa shape index (κ3) is 1.14. The summed E-state index contributed by atoms with van der Waals surface area (Å²) in [5.41, 5.74) is 0.362. The summed E-state index contributed by atoms with van der Waals surface area (Å²) in [6.45, 7) is 9.25. The van der Waals surface area contributed by atoms with E-state index in [2.05, 4.69) is 25.3 Å². The van der Waals surface area contributed by atoms with Crippen molar-refractivity contribution in [2.45, 2.75) is 19.8 Å². The number of allylic oxidation sites excluding steroid dienone is 4. The number of amides is 2. The van der Waals surface area contributed by atoms with Gasteiger partial charge in [0.05, 0.1) is 11.8 Å². The molecule has 3 rings (SSSR count). The van der Waals surface area contributed by atoms with E-state index in [0.717, 1.165) is 12.8 Å². The molecule has 3 aliphatic rings. The van der Waals surface area contributed by atoms with Gasteiger partial charge in [0.2, 0.25) is 11.8 Å². The molecular formula is C15H17NO2. The van der Waals surface area contributed by atoms with Crippen LogP contribution in [0.5, 0.6) is 0 Å². The maximum absolute atomic E-state index is 12.5. The van der Waals surface area contributed by atoms with Crippen LogP contribution >= 0.6 is 0 Å². The number of carbonyl (C=O) groups is 2. The Balaban J connectivity index is 2.05. The molecule has 0 aromatic rings. The molecule has 2 bridgehead atoms. The van der Waals surface area contributed by atoms with Crippen LogP contribution in [0.4, 0.5) is 0 Å². The Bertz CT molecular complexity index is 505. The molecule has 2 aliphatic carbocycles. The van der Waals surface area contributed by atoms with Crippen molar-refractivity contribution in [3.63, 3.8) is 0 Å². The van der Waals surface area contributed by atoms with Crippen molar-refractivity contribution in [1.82, 2.24) is 4.90 Å². The highest BCUT2D eigenvalue weighted by Gasteiger charge is 2.65. The highest BCUT2D eigenvalue weighted by atomic mass is 16.2. The molecule has 1 aliphatic heterocycles. The molecular weight excluding hydrogens is 226 g/mol. The molecule has 94 valence electrons. The smallest absolute Gasteiger partial charge is 0.238 e. The van der Waals surface area contributed by atoms with E-state index < -0.39 is 0 Å². The summed E-state index contributed by atoms with van der Waals surface area (Å²) in [5.74, 6) is -0.270. The van der Waals surface area contributed by atoms with Crippen LogP contribution < -0.4 is 0 Å². The van der Waals surface area contributed by atoms with Gasteiger partial charge in [-0.15, -0.1) is 6.58 Å². The van der Waals surface area contributed by atoms with E-state index in [9.17, 15) is 9.59 Å². The molecule has 18 heavy (non-hydrogen) atoms. The average molecular weight is 243 g/mol. The van der Waals surface area contributed by atoms with Gasteiger partial charge in [0.25, 0.3) is 0 Å². The molecule has 4 unspecified atom stereocenters. The average Bonchev–Trinajstić information content (AvgIpc) is 2.90. The Kier molecular flexibility index (Phi) is 2.19. The highest BCUT2D eigenvalue weighted by molar-refractivity contribution is 6.08. The van der Waals surface area contributed by atoms with Crippen molar-refractivity contribution in [3.05, 3.63) is 37.1 Å².